The molecule has 4 nitrogen and oxygen atoms in total. The number of rotatable bonds is 9. The van der Waals surface area contributed by atoms with Crippen LogP contribution in [-0.4, -0.2) is 43.2 Å². The van der Waals surface area contributed by atoms with Crippen LogP contribution in [-0.2, 0) is 4.74 Å². The van der Waals surface area contributed by atoms with Crippen molar-refractivity contribution >= 4 is 5.97 Å². The summed E-state index contributed by atoms with van der Waals surface area (Å²) < 4.78 is 11.1. The summed E-state index contributed by atoms with van der Waals surface area (Å²) in [5.74, 6) is 1.33. The van der Waals surface area contributed by atoms with Gasteiger partial charge in [-0.1, -0.05) is 20.3 Å². The Morgan fingerprint density at radius 2 is 2.04 bits per heavy atom. The van der Waals surface area contributed by atoms with Gasteiger partial charge in [-0.05, 0) is 69.3 Å². The van der Waals surface area contributed by atoms with Crippen LogP contribution >= 0.6 is 0 Å². The van der Waals surface area contributed by atoms with Crippen molar-refractivity contribution in [3.8, 4) is 5.75 Å². The maximum atomic E-state index is 12.1. The van der Waals surface area contributed by atoms with Crippen LogP contribution in [0.2, 0.25) is 0 Å². The van der Waals surface area contributed by atoms with Crippen molar-refractivity contribution in [2.45, 2.75) is 58.9 Å². The first-order valence-electron chi connectivity index (χ1n) is 9.74. The lowest BCUT2D eigenvalue weighted by molar-refractivity contribution is 0.0444. The number of unbranched alkanes of at least 4 members (excludes halogenated alkanes) is 1. The van der Waals surface area contributed by atoms with Crippen LogP contribution in [0.15, 0.2) is 24.3 Å². The molecule has 1 saturated heterocycles. The predicted octanol–water partition coefficient (Wildman–Crippen LogP) is 4.53. The zero-order valence-electron chi connectivity index (χ0n) is 16.0. The lowest BCUT2D eigenvalue weighted by Crippen LogP contribution is -2.41. The summed E-state index contributed by atoms with van der Waals surface area (Å²) in [6.07, 6.45) is 5.64. The summed E-state index contributed by atoms with van der Waals surface area (Å²) in [4.78, 5) is 14.7. The van der Waals surface area contributed by atoms with Crippen molar-refractivity contribution in [2.75, 3.05) is 26.3 Å². The monoisotopic (exact) mass is 347 g/mol. The molecule has 0 N–H and O–H groups in total. The molecule has 0 aliphatic carbocycles. The van der Waals surface area contributed by atoms with Crippen molar-refractivity contribution in [2.24, 2.45) is 5.92 Å². The molecule has 0 bridgehead atoms. The SMILES string of the molecule is CCCCOc1ccc(C(=O)OCCC(C)N2CCCC(C)C2)cc1. The van der Waals surface area contributed by atoms with E-state index in [1.54, 1.807) is 12.1 Å². The van der Waals surface area contributed by atoms with Crippen LogP contribution in [0.5, 0.6) is 5.75 Å². The minimum atomic E-state index is -0.251. The van der Waals surface area contributed by atoms with E-state index in [9.17, 15) is 4.79 Å². The molecule has 0 amide bonds. The van der Waals surface area contributed by atoms with E-state index in [1.807, 2.05) is 12.1 Å². The average molecular weight is 347 g/mol. The number of hydrogen-bond acceptors (Lipinski definition) is 4. The van der Waals surface area contributed by atoms with Gasteiger partial charge in [-0.15, -0.1) is 0 Å². The molecular weight excluding hydrogens is 314 g/mol. The van der Waals surface area contributed by atoms with Crippen molar-refractivity contribution in [1.29, 1.82) is 0 Å². The Balaban J connectivity index is 1.70. The van der Waals surface area contributed by atoms with Gasteiger partial charge in [-0.3, -0.25) is 0 Å². The number of benzene rings is 1. The summed E-state index contributed by atoms with van der Waals surface area (Å²) >= 11 is 0. The van der Waals surface area contributed by atoms with Gasteiger partial charge in [0.1, 0.15) is 5.75 Å². The van der Waals surface area contributed by atoms with E-state index in [2.05, 4.69) is 25.7 Å². The Bertz CT molecular complexity index is 514. The third-order valence-electron chi connectivity index (χ3n) is 4.94. The molecule has 2 atom stereocenters. The van der Waals surface area contributed by atoms with Gasteiger partial charge < -0.3 is 14.4 Å². The number of nitrogens with zero attached hydrogens (tertiary/aromatic N) is 1. The molecule has 2 rings (SSSR count). The number of carbonyl (C=O) groups is 1. The minimum Gasteiger partial charge on any atom is -0.494 e. The van der Waals surface area contributed by atoms with Gasteiger partial charge in [-0.2, -0.15) is 0 Å². The second kappa shape index (κ2) is 10.4. The predicted molar refractivity (Wildman–Crippen MR) is 101 cm³/mol. The summed E-state index contributed by atoms with van der Waals surface area (Å²) in [5, 5.41) is 0. The fraction of sp³-hybridized carbons (Fsp3) is 0.667. The first kappa shape index (κ1) is 19.8. The van der Waals surface area contributed by atoms with E-state index >= 15 is 0 Å². The quantitative estimate of drug-likeness (QED) is 0.486. The molecule has 0 spiro atoms. The second-order valence-electron chi connectivity index (χ2n) is 7.24. The van der Waals surface area contributed by atoms with E-state index in [-0.39, 0.29) is 5.97 Å². The Morgan fingerprint density at radius 3 is 2.72 bits per heavy atom. The maximum absolute atomic E-state index is 12.1. The van der Waals surface area contributed by atoms with Gasteiger partial charge in [0.25, 0.3) is 0 Å². The van der Waals surface area contributed by atoms with Crippen LogP contribution in [0.4, 0.5) is 0 Å². The van der Waals surface area contributed by atoms with Gasteiger partial charge in [0.05, 0.1) is 18.8 Å². The first-order valence-corrected chi connectivity index (χ1v) is 9.74. The molecule has 0 radical (unpaired) electrons. The van der Waals surface area contributed by atoms with Gasteiger partial charge in [0.15, 0.2) is 0 Å². The molecule has 0 aromatic heterocycles. The minimum absolute atomic E-state index is 0.251. The fourth-order valence-electron chi connectivity index (χ4n) is 3.24. The number of likely N-dealkylation sites (tertiary alicyclic amines) is 1. The summed E-state index contributed by atoms with van der Waals surface area (Å²) in [6, 6.07) is 7.69. The number of ether oxygens (including phenoxy) is 2. The zero-order chi connectivity index (χ0) is 18.1. The molecule has 140 valence electrons. The molecule has 1 aromatic carbocycles. The number of piperidine rings is 1. The molecule has 1 heterocycles. The molecule has 0 saturated carbocycles. The molecule has 4 heteroatoms. The van der Waals surface area contributed by atoms with Crippen LogP contribution in [0.25, 0.3) is 0 Å². The van der Waals surface area contributed by atoms with Gasteiger partial charge >= 0.3 is 5.97 Å². The second-order valence-corrected chi connectivity index (χ2v) is 7.24. The van der Waals surface area contributed by atoms with Crippen LogP contribution in [0.1, 0.15) is 63.2 Å². The standard InChI is InChI=1S/C21H33NO3/c1-4-5-14-24-20-10-8-19(9-11-20)21(23)25-15-12-18(3)22-13-6-7-17(2)16-22/h8-11,17-18H,4-7,12-16H2,1-3H3. The van der Waals surface area contributed by atoms with Crippen LogP contribution < -0.4 is 4.74 Å². The van der Waals surface area contributed by atoms with Crippen LogP contribution in [0, 0.1) is 5.92 Å². The smallest absolute Gasteiger partial charge is 0.338 e. The first-order chi connectivity index (χ1) is 12.1. The van der Waals surface area contributed by atoms with Gasteiger partial charge in [0, 0.05) is 12.6 Å². The molecule has 2 unspecified atom stereocenters. The summed E-state index contributed by atoms with van der Waals surface area (Å²) in [5.41, 5.74) is 0.585. The third-order valence-corrected chi connectivity index (χ3v) is 4.94. The Hall–Kier alpha value is -1.55. The molecule has 1 aliphatic rings. The van der Waals surface area contributed by atoms with E-state index in [1.165, 1.54) is 19.4 Å². The van der Waals surface area contributed by atoms with E-state index in [0.717, 1.165) is 37.5 Å². The lowest BCUT2D eigenvalue weighted by atomic mass is 9.98. The molecule has 1 fully saturated rings. The topological polar surface area (TPSA) is 38.8 Å². The normalized spacial score (nSPS) is 19.4. The molecule has 1 aliphatic heterocycles. The van der Waals surface area contributed by atoms with Crippen molar-refractivity contribution in [3.05, 3.63) is 29.8 Å². The number of esters is 1. The fourth-order valence-corrected chi connectivity index (χ4v) is 3.24. The Kier molecular flexibility index (Phi) is 8.26. The lowest BCUT2D eigenvalue weighted by Gasteiger charge is -2.35. The highest BCUT2D eigenvalue weighted by Gasteiger charge is 2.21. The van der Waals surface area contributed by atoms with Crippen molar-refractivity contribution < 1.29 is 14.3 Å². The number of hydrogen-bond donors (Lipinski definition) is 0. The summed E-state index contributed by atoms with van der Waals surface area (Å²) in [7, 11) is 0. The highest BCUT2D eigenvalue weighted by atomic mass is 16.5. The number of carbonyl (C=O) groups excluding carboxylic acids is 1. The zero-order valence-corrected chi connectivity index (χ0v) is 16.0. The van der Waals surface area contributed by atoms with E-state index in [0.29, 0.717) is 24.8 Å². The maximum Gasteiger partial charge on any atom is 0.338 e. The van der Waals surface area contributed by atoms with E-state index < -0.39 is 0 Å². The van der Waals surface area contributed by atoms with Gasteiger partial charge in [0.2, 0.25) is 0 Å². The van der Waals surface area contributed by atoms with Gasteiger partial charge in [-0.25, -0.2) is 4.79 Å². The van der Waals surface area contributed by atoms with Crippen molar-refractivity contribution in [3.63, 3.8) is 0 Å². The van der Waals surface area contributed by atoms with E-state index in [4.69, 9.17) is 9.47 Å². The average Bonchev–Trinajstić information content (AvgIpc) is 2.62. The highest BCUT2D eigenvalue weighted by Crippen LogP contribution is 2.19. The molecule has 25 heavy (non-hydrogen) atoms. The highest BCUT2D eigenvalue weighted by molar-refractivity contribution is 5.89. The molecule has 1 aromatic rings. The Morgan fingerprint density at radius 1 is 1.28 bits per heavy atom. The van der Waals surface area contributed by atoms with Crippen LogP contribution in [0.3, 0.4) is 0 Å². The molecular formula is C21H33NO3. The van der Waals surface area contributed by atoms with Crippen molar-refractivity contribution in [1.82, 2.24) is 4.90 Å². The summed E-state index contributed by atoms with van der Waals surface area (Å²) in [6.45, 7) is 10.2. The largest absolute Gasteiger partial charge is 0.494 e. The Labute approximate surface area is 152 Å². The third kappa shape index (κ3) is 6.69.